The summed E-state index contributed by atoms with van der Waals surface area (Å²) in [7, 11) is 3.09. The second-order valence-corrected chi connectivity index (χ2v) is 17.6. The molecule has 0 aliphatic rings. The molecule has 0 aliphatic carbocycles. The van der Waals surface area contributed by atoms with Gasteiger partial charge in [0.1, 0.15) is 47.3 Å². The van der Waals surface area contributed by atoms with Crippen molar-refractivity contribution in [3.05, 3.63) is 202 Å². The Kier molecular flexibility index (Phi) is 12.4. The molecule has 10 heterocycles. The van der Waals surface area contributed by atoms with Crippen molar-refractivity contribution in [2.45, 2.75) is 25.9 Å². The van der Waals surface area contributed by atoms with Gasteiger partial charge in [0, 0.05) is 59.1 Å². The molecule has 4 N–H and O–H groups in total. The van der Waals surface area contributed by atoms with E-state index in [0.717, 1.165) is 0 Å². The van der Waals surface area contributed by atoms with E-state index in [1.165, 1.54) is 46.0 Å². The molecular weight excluding hydrogens is 971 g/mol. The maximum absolute atomic E-state index is 14.1. The Bertz CT molecular complexity index is 4010. The minimum Gasteiger partial charge on any atom is -0.481 e. The van der Waals surface area contributed by atoms with Crippen LogP contribution in [0.25, 0.3) is 77.9 Å². The van der Waals surface area contributed by atoms with Gasteiger partial charge in [-0.15, -0.1) is 0 Å². The Morgan fingerprint density at radius 3 is 1.28 bits per heavy atom. The molecule has 10 aromatic heterocycles. The minimum atomic E-state index is -0.498. The molecule has 0 unspecified atom stereocenters. The molecule has 0 saturated carbocycles. The van der Waals surface area contributed by atoms with Gasteiger partial charge in [-0.25, -0.2) is 48.0 Å². The van der Waals surface area contributed by atoms with Gasteiger partial charge in [0.15, 0.2) is 11.3 Å². The Labute approximate surface area is 430 Å². The van der Waals surface area contributed by atoms with E-state index in [9.17, 15) is 18.4 Å². The number of benzene rings is 2. The number of nitrogens with two attached hydrogens (primary N) is 2. The molecule has 76 heavy (non-hydrogen) atoms. The summed E-state index contributed by atoms with van der Waals surface area (Å²) >= 11 is 0. The van der Waals surface area contributed by atoms with Crippen LogP contribution >= 0.6 is 0 Å². The fraction of sp³-hybridized carbons (Fsp3) is 0.107. The van der Waals surface area contributed by atoms with Gasteiger partial charge in [-0.3, -0.25) is 18.4 Å². The van der Waals surface area contributed by atoms with Gasteiger partial charge >= 0.3 is 0 Å². The van der Waals surface area contributed by atoms with Gasteiger partial charge in [-0.2, -0.15) is 10.2 Å². The van der Waals surface area contributed by atoms with Crippen LogP contribution in [0.2, 0.25) is 0 Å². The van der Waals surface area contributed by atoms with E-state index in [-0.39, 0.29) is 22.8 Å². The molecule has 0 spiro atoms. The van der Waals surface area contributed by atoms with Crippen LogP contribution < -0.4 is 32.1 Å². The number of nitrogen functional groups attached to an aromatic ring is 2. The summed E-state index contributed by atoms with van der Waals surface area (Å²) in [6.45, 7) is 3.87. The molecule has 18 nitrogen and oxygen atoms in total. The van der Waals surface area contributed by atoms with Crippen LogP contribution in [-0.4, -0.2) is 72.5 Å². The molecule has 2 atom stereocenters. The Morgan fingerprint density at radius 2 is 0.908 bits per heavy atom. The molecule has 0 fully saturated rings. The number of ether oxygens (including phenoxy) is 2. The summed E-state index contributed by atoms with van der Waals surface area (Å²) in [5.41, 5.74) is 20.3. The van der Waals surface area contributed by atoms with Crippen LogP contribution in [0.3, 0.4) is 0 Å². The monoisotopic (exact) mass is 1010 g/mol. The van der Waals surface area contributed by atoms with Crippen LogP contribution in [0.15, 0.2) is 168 Å². The first-order valence-electron chi connectivity index (χ1n) is 23.7. The maximum Gasteiger partial charge on any atom is 0.263 e. The molecule has 376 valence electrons. The van der Waals surface area contributed by atoms with Crippen molar-refractivity contribution in [1.82, 2.24) is 58.3 Å². The third-order valence-corrected chi connectivity index (χ3v) is 13.2. The Morgan fingerprint density at radius 1 is 0.500 bits per heavy atom. The second-order valence-electron chi connectivity index (χ2n) is 17.6. The van der Waals surface area contributed by atoms with E-state index in [1.54, 1.807) is 60.2 Å². The van der Waals surface area contributed by atoms with Crippen molar-refractivity contribution in [3.8, 4) is 56.5 Å². The second kappa shape index (κ2) is 19.6. The number of fused-ring (bicyclic) bond motifs is 4. The highest BCUT2D eigenvalue weighted by atomic mass is 19.1. The molecule has 0 amide bonds. The quantitative estimate of drug-likeness (QED) is 0.130. The van der Waals surface area contributed by atoms with E-state index in [4.69, 9.17) is 31.1 Å². The Hall–Kier alpha value is -10.2. The third-order valence-electron chi connectivity index (χ3n) is 13.2. The summed E-state index contributed by atoms with van der Waals surface area (Å²) in [4.78, 5) is 53.4. The third kappa shape index (κ3) is 8.51. The molecule has 12 aromatic rings. The summed E-state index contributed by atoms with van der Waals surface area (Å²) in [6.07, 6.45) is 8.46. The van der Waals surface area contributed by atoms with Gasteiger partial charge in [0.05, 0.1) is 48.2 Å². The van der Waals surface area contributed by atoms with Crippen LogP contribution in [-0.2, 0) is 0 Å². The SMILES string of the molecule is COc1ccc(-c2nn([C@@H](C)c3cc4ccc(F)cn4c(=O)c3-c3ccccc3)c3ncnc(N)c23)cn1.COc1ccc(-c2nn([C@H](C)c3cc4ccc(F)cn4c(=O)c3-c3ccccc3)c3ncnc(N)c23)cn1. The zero-order valence-corrected chi connectivity index (χ0v) is 41.1. The zero-order chi connectivity index (χ0) is 52.8. The van der Waals surface area contributed by atoms with Crippen molar-refractivity contribution in [3.63, 3.8) is 0 Å². The first-order chi connectivity index (χ1) is 36.9. The van der Waals surface area contributed by atoms with E-state index < -0.39 is 23.7 Å². The summed E-state index contributed by atoms with van der Waals surface area (Å²) < 4.78 is 44.6. The van der Waals surface area contributed by atoms with E-state index in [0.29, 0.717) is 101 Å². The fourth-order valence-corrected chi connectivity index (χ4v) is 9.44. The summed E-state index contributed by atoms with van der Waals surface area (Å²) in [6, 6.07) is 34.4. The molecule has 2 aromatic carbocycles. The maximum atomic E-state index is 14.1. The molecule has 12 rings (SSSR count). The van der Waals surface area contributed by atoms with Crippen molar-refractivity contribution in [2.75, 3.05) is 25.7 Å². The van der Waals surface area contributed by atoms with Crippen LogP contribution in [0.1, 0.15) is 37.1 Å². The first-order valence-corrected chi connectivity index (χ1v) is 23.7. The van der Waals surface area contributed by atoms with Crippen LogP contribution in [0, 0.1) is 11.6 Å². The van der Waals surface area contributed by atoms with Gasteiger partial charge in [0.2, 0.25) is 11.8 Å². The number of halogens is 2. The number of anilines is 2. The van der Waals surface area contributed by atoms with Crippen molar-refractivity contribution < 1.29 is 18.3 Å². The molecule has 0 aliphatic heterocycles. The standard InChI is InChI=1S/2C28H22FN7O2/c2*1-16(21-12-20-10-9-19(29)14-35(20)28(37)23(21)17-6-4-3-5-7-17)36-27-24(26(30)32-15-33-27)25(34-36)18-8-11-22(38-2)31-13-18/h2*3-16H,1-2H3,(H2,30,32,33)/t2*16-/m10/s1. The average molecular weight is 1020 g/mol. The largest absolute Gasteiger partial charge is 0.481 e. The van der Waals surface area contributed by atoms with E-state index >= 15 is 0 Å². The van der Waals surface area contributed by atoms with Gasteiger partial charge in [-0.1, -0.05) is 60.7 Å². The molecule has 0 bridgehead atoms. The lowest BCUT2D eigenvalue weighted by Gasteiger charge is -2.19. The van der Waals surface area contributed by atoms with Crippen molar-refractivity contribution >= 4 is 44.7 Å². The predicted molar refractivity (Wildman–Crippen MR) is 285 cm³/mol. The smallest absolute Gasteiger partial charge is 0.263 e. The average Bonchev–Trinajstić information content (AvgIpc) is 4.07. The lowest BCUT2D eigenvalue weighted by molar-refractivity contribution is 0.398. The van der Waals surface area contributed by atoms with E-state index in [1.807, 2.05) is 98.8 Å². The Balaban J connectivity index is 0.000000162. The number of hydrogen-bond donors (Lipinski definition) is 2. The van der Waals surface area contributed by atoms with Gasteiger partial charge in [-0.05, 0) is 84.6 Å². The lowest BCUT2D eigenvalue weighted by atomic mass is 9.96. The van der Waals surface area contributed by atoms with Gasteiger partial charge in [0.25, 0.3) is 11.1 Å². The first kappa shape index (κ1) is 48.1. The van der Waals surface area contributed by atoms with Gasteiger partial charge < -0.3 is 20.9 Å². The highest BCUT2D eigenvalue weighted by Crippen LogP contribution is 2.38. The minimum absolute atomic E-state index is 0.275. The number of pyridine rings is 6. The summed E-state index contributed by atoms with van der Waals surface area (Å²) in [5, 5.41) is 10.9. The number of nitrogens with zero attached hydrogens (tertiary/aromatic N) is 12. The fourth-order valence-electron chi connectivity index (χ4n) is 9.44. The van der Waals surface area contributed by atoms with Crippen molar-refractivity contribution in [2.24, 2.45) is 0 Å². The normalized spacial score (nSPS) is 12.2. The number of hydrogen-bond acceptors (Lipinski definition) is 14. The van der Waals surface area contributed by atoms with Crippen LogP contribution in [0.4, 0.5) is 20.4 Å². The summed E-state index contributed by atoms with van der Waals surface area (Å²) in [5.74, 6) is 0.490. The highest BCUT2D eigenvalue weighted by Gasteiger charge is 2.27. The molecule has 0 saturated heterocycles. The number of methoxy groups -OCH3 is 2. The highest BCUT2D eigenvalue weighted by molar-refractivity contribution is 5.99. The molecular formula is C56H44F2N14O4. The lowest BCUT2D eigenvalue weighted by Crippen LogP contribution is -2.21. The zero-order valence-electron chi connectivity index (χ0n) is 41.1. The van der Waals surface area contributed by atoms with Crippen LogP contribution in [0.5, 0.6) is 11.8 Å². The van der Waals surface area contributed by atoms with E-state index in [2.05, 4.69) is 29.9 Å². The number of rotatable bonds is 10. The number of aromatic nitrogens is 12. The van der Waals surface area contributed by atoms with Crippen molar-refractivity contribution in [1.29, 1.82) is 0 Å². The predicted octanol–water partition coefficient (Wildman–Crippen LogP) is 9.01. The molecule has 20 heteroatoms. The molecule has 0 radical (unpaired) electrons. The topological polar surface area (TPSA) is 226 Å².